The van der Waals surface area contributed by atoms with E-state index in [0.29, 0.717) is 28.3 Å². The third-order valence-electron chi connectivity index (χ3n) is 2.75. The first-order valence-electron chi connectivity index (χ1n) is 5.89. The number of thiazole rings is 1. The van der Waals surface area contributed by atoms with Crippen molar-refractivity contribution in [2.24, 2.45) is 0 Å². The van der Waals surface area contributed by atoms with Crippen molar-refractivity contribution in [2.75, 3.05) is 0 Å². The van der Waals surface area contributed by atoms with Crippen LogP contribution >= 0.6 is 43.2 Å². The summed E-state index contributed by atoms with van der Waals surface area (Å²) in [7, 11) is 0. The van der Waals surface area contributed by atoms with Gasteiger partial charge in [0.05, 0.1) is 10.7 Å². The summed E-state index contributed by atoms with van der Waals surface area (Å²) in [6.07, 6.45) is -4.08. The van der Waals surface area contributed by atoms with E-state index in [-0.39, 0.29) is 21.1 Å². The fourth-order valence-electron chi connectivity index (χ4n) is 1.87. The average Bonchev–Trinajstić information content (AvgIpc) is 2.81. The first kappa shape index (κ1) is 16.9. The van der Waals surface area contributed by atoms with E-state index < -0.39 is 16.9 Å². The maximum atomic E-state index is 13.4. The van der Waals surface area contributed by atoms with Gasteiger partial charge in [0, 0.05) is 15.4 Å². The van der Waals surface area contributed by atoms with Crippen LogP contribution in [0.15, 0.2) is 16.6 Å². The Balaban J connectivity index is 2.75. The highest BCUT2D eigenvalue weighted by Crippen LogP contribution is 2.44. The predicted octanol–water partition coefficient (Wildman–Crippen LogP) is 6.19. The number of rotatable bonds is 3. The molecule has 21 heavy (non-hydrogen) atoms. The minimum atomic E-state index is -4.49. The number of alkyl halides is 4. The molecule has 0 amide bonds. The average molecular weight is 447 g/mol. The molecule has 0 saturated heterocycles. The first-order valence-corrected chi connectivity index (χ1v) is 8.62. The predicted molar refractivity (Wildman–Crippen MR) is 82.2 cm³/mol. The van der Waals surface area contributed by atoms with Crippen LogP contribution in [0.5, 0.6) is 0 Å². The van der Waals surface area contributed by atoms with E-state index in [1.807, 2.05) is 0 Å². The zero-order chi connectivity index (χ0) is 15.8. The van der Waals surface area contributed by atoms with E-state index in [9.17, 15) is 17.6 Å². The van der Waals surface area contributed by atoms with Crippen LogP contribution < -0.4 is 0 Å². The third kappa shape index (κ3) is 3.48. The van der Waals surface area contributed by atoms with Gasteiger partial charge >= 0.3 is 6.18 Å². The van der Waals surface area contributed by atoms with Crippen molar-refractivity contribution in [3.05, 3.63) is 37.9 Å². The summed E-state index contributed by atoms with van der Waals surface area (Å²) in [4.78, 5) is 3.33. The van der Waals surface area contributed by atoms with Gasteiger partial charge in [0.1, 0.15) is 10.7 Å². The van der Waals surface area contributed by atoms with Gasteiger partial charge in [-0.25, -0.2) is 9.37 Å². The second-order valence-electron chi connectivity index (χ2n) is 4.19. The molecule has 1 heterocycles. The van der Waals surface area contributed by atoms with Crippen molar-refractivity contribution in [3.63, 3.8) is 0 Å². The van der Waals surface area contributed by atoms with Crippen LogP contribution in [0.1, 0.15) is 22.4 Å². The lowest BCUT2D eigenvalue weighted by molar-refractivity contribution is -0.134. The van der Waals surface area contributed by atoms with Crippen LogP contribution in [0.2, 0.25) is 0 Å². The lowest BCUT2D eigenvalue weighted by Gasteiger charge is -2.11. The summed E-state index contributed by atoms with van der Waals surface area (Å²) in [5, 5.41) is 0.628. The molecule has 0 spiro atoms. The molecule has 0 radical (unpaired) electrons. The number of hydrogen-bond acceptors (Lipinski definition) is 2. The molecular weight excluding hydrogens is 438 g/mol. The van der Waals surface area contributed by atoms with Crippen molar-refractivity contribution in [3.8, 4) is 11.3 Å². The summed E-state index contributed by atoms with van der Waals surface area (Å²) < 4.78 is 53.3. The minimum absolute atomic E-state index is 0.148. The summed E-state index contributed by atoms with van der Waals surface area (Å²) >= 11 is 6.95. The number of benzene rings is 1. The highest BCUT2D eigenvalue weighted by atomic mass is 79.9. The lowest BCUT2D eigenvalue weighted by Crippen LogP contribution is -2.05. The Hall–Kier alpha value is -0.470. The summed E-state index contributed by atoms with van der Waals surface area (Å²) in [5.74, 6) is -0.514. The Morgan fingerprint density at radius 1 is 1.29 bits per heavy atom. The maximum absolute atomic E-state index is 13.4. The summed E-state index contributed by atoms with van der Waals surface area (Å²) in [5.41, 5.74) is 0.544. The molecule has 0 bridgehead atoms. The fraction of sp³-hybridized carbons (Fsp3) is 0.308. The molecule has 114 valence electrons. The topological polar surface area (TPSA) is 12.9 Å². The number of halogens is 6. The van der Waals surface area contributed by atoms with Gasteiger partial charge in [-0.2, -0.15) is 13.2 Å². The molecule has 1 aromatic carbocycles. The first-order chi connectivity index (χ1) is 9.77. The van der Waals surface area contributed by atoms with Crippen LogP contribution in [-0.4, -0.2) is 4.98 Å². The molecule has 0 atom stereocenters. The number of aromatic nitrogens is 1. The van der Waals surface area contributed by atoms with Crippen LogP contribution in [0.25, 0.3) is 11.3 Å². The molecular formula is C13H9Br2F4NS. The van der Waals surface area contributed by atoms with Crippen molar-refractivity contribution in [1.82, 2.24) is 4.98 Å². The molecule has 0 saturated carbocycles. The van der Waals surface area contributed by atoms with Gasteiger partial charge in [0.2, 0.25) is 0 Å². The van der Waals surface area contributed by atoms with Gasteiger partial charge in [-0.3, -0.25) is 0 Å². The zero-order valence-corrected chi connectivity index (χ0v) is 14.7. The van der Waals surface area contributed by atoms with Gasteiger partial charge in [-0.1, -0.05) is 22.9 Å². The monoisotopic (exact) mass is 445 g/mol. The Bertz CT molecular complexity index is 667. The largest absolute Gasteiger partial charge is 0.427 e. The van der Waals surface area contributed by atoms with Gasteiger partial charge in [-0.15, -0.1) is 11.3 Å². The Morgan fingerprint density at radius 2 is 1.95 bits per heavy atom. The smallest absolute Gasteiger partial charge is 0.241 e. The Morgan fingerprint density at radius 3 is 2.48 bits per heavy atom. The molecule has 0 unspecified atom stereocenters. The van der Waals surface area contributed by atoms with E-state index in [2.05, 4.69) is 36.8 Å². The molecule has 1 aromatic heterocycles. The summed E-state index contributed by atoms with van der Waals surface area (Å²) in [6, 6.07) is 2.35. The van der Waals surface area contributed by atoms with Crippen LogP contribution in [-0.2, 0) is 17.9 Å². The van der Waals surface area contributed by atoms with E-state index in [1.54, 1.807) is 6.92 Å². The molecule has 0 aliphatic rings. The Labute approximate surface area is 139 Å². The molecule has 0 fully saturated rings. The number of aryl methyl sites for hydroxylation is 1. The van der Waals surface area contributed by atoms with Crippen LogP contribution in [0.4, 0.5) is 17.6 Å². The normalized spacial score (nSPS) is 12.0. The highest BCUT2D eigenvalue weighted by molar-refractivity contribution is 9.10. The lowest BCUT2D eigenvalue weighted by atomic mass is 10.0. The van der Waals surface area contributed by atoms with Crippen molar-refractivity contribution < 1.29 is 17.6 Å². The molecule has 0 N–H and O–H groups in total. The van der Waals surface area contributed by atoms with Gasteiger partial charge < -0.3 is 0 Å². The van der Waals surface area contributed by atoms with Crippen molar-refractivity contribution >= 4 is 43.2 Å². The molecule has 8 heteroatoms. The van der Waals surface area contributed by atoms with Crippen LogP contribution in [0.3, 0.4) is 0 Å². The van der Waals surface area contributed by atoms with Crippen molar-refractivity contribution in [1.29, 1.82) is 0 Å². The molecule has 1 nitrogen and oxygen atoms in total. The quantitative estimate of drug-likeness (QED) is 0.404. The minimum Gasteiger partial charge on any atom is -0.241 e. The molecule has 0 aliphatic heterocycles. The fourth-order valence-corrected chi connectivity index (χ4v) is 3.86. The Kier molecular flexibility index (Phi) is 5.10. The van der Waals surface area contributed by atoms with E-state index in [4.69, 9.17) is 0 Å². The standard InChI is InChI=1S/C13H9Br2F4NS/c1-2-9-20-11(12(21-9)13(17,18)19)10-6(5-14)3-7(16)4-8(10)15/h3-4H,2,5H2,1H3. The van der Waals surface area contributed by atoms with E-state index in [1.165, 1.54) is 6.07 Å². The second kappa shape index (κ2) is 6.34. The van der Waals surface area contributed by atoms with Gasteiger partial charge in [0.25, 0.3) is 0 Å². The summed E-state index contributed by atoms with van der Waals surface area (Å²) in [6.45, 7) is 1.74. The number of nitrogens with zero attached hydrogens (tertiary/aromatic N) is 1. The molecule has 0 aliphatic carbocycles. The van der Waals surface area contributed by atoms with E-state index in [0.717, 1.165) is 6.07 Å². The highest BCUT2D eigenvalue weighted by Gasteiger charge is 2.38. The molecule has 2 aromatic rings. The second-order valence-corrected chi connectivity index (χ2v) is 6.69. The molecule has 2 rings (SSSR count). The third-order valence-corrected chi connectivity index (χ3v) is 5.22. The van der Waals surface area contributed by atoms with Gasteiger partial charge in [0.15, 0.2) is 0 Å². The number of hydrogen-bond donors (Lipinski definition) is 0. The van der Waals surface area contributed by atoms with Crippen LogP contribution in [0, 0.1) is 5.82 Å². The van der Waals surface area contributed by atoms with E-state index >= 15 is 0 Å². The van der Waals surface area contributed by atoms with Crippen molar-refractivity contribution in [2.45, 2.75) is 24.9 Å². The zero-order valence-electron chi connectivity index (χ0n) is 10.7. The van der Waals surface area contributed by atoms with Gasteiger partial charge in [-0.05, 0) is 40.0 Å². The SMILES string of the molecule is CCc1nc(-c2c(Br)cc(F)cc2CBr)c(C(F)(F)F)s1. The maximum Gasteiger partial charge on any atom is 0.427 e.